The SMILES string of the molecule is Cn1c(CCNC(=O)c2cnn(-c3ccc(Br)cc3)c2)n[nH]c1=S. The van der Waals surface area contributed by atoms with Gasteiger partial charge in [0.2, 0.25) is 0 Å². The summed E-state index contributed by atoms with van der Waals surface area (Å²) in [6, 6.07) is 7.69. The summed E-state index contributed by atoms with van der Waals surface area (Å²) in [6.07, 6.45) is 3.85. The monoisotopic (exact) mass is 406 g/mol. The summed E-state index contributed by atoms with van der Waals surface area (Å²) in [7, 11) is 1.84. The molecule has 3 aromatic rings. The molecule has 0 bridgehead atoms. The molecule has 0 fully saturated rings. The minimum absolute atomic E-state index is 0.171. The number of aromatic amines is 1. The Hall–Kier alpha value is -2.26. The topological polar surface area (TPSA) is 80.5 Å². The number of nitrogens with zero attached hydrogens (tertiary/aromatic N) is 4. The van der Waals surface area contributed by atoms with Crippen LogP contribution < -0.4 is 5.32 Å². The van der Waals surface area contributed by atoms with Gasteiger partial charge in [-0.15, -0.1) is 0 Å². The van der Waals surface area contributed by atoms with E-state index in [2.05, 4.69) is 36.5 Å². The van der Waals surface area contributed by atoms with Crippen molar-refractivity contribution < 1.29 is 4.79 Å². The maximum Gasteiger partial charge on any atom is 0.254 e. The molecule has 0 spiro atoms. The zero-order valence-corrected chi connectivity index (χ0v) is 15.3. The first kappa shape index (κ1) is 16.6. The Labute approximate surface area is 151 Å². The summed E-state index contributed by atoms with van der Waals surface area (Å²) in [4.78, 5) is 12.2. The fourth-order valence-electron chi connectivity index (χ4n) is 2.17. The highest BCUT2D eigenvalue weighted by Crippen LogP contribution is 2.14. The standard InChI is InChI=1S/C15H15BrN6OS/c1-21-13(19-20-15(21)24)6-7-17-14(23)10-8-18-22(9-10)12-4-2-11(16)3-5-12/h2-5,8-9H,6-7H2,1H3,(H,17,23)(H,20,24). The van der Waals surface area contributed by atoms with Crippen LogP contribution in [0.1, 0.15) is 16.2 Å². The third-order valence-electron chi connectivity index (χ3n) is 3.54. The number of benzene rings is 1. The van der Waals surface area contributed by atoms with Gasteiger partial charge in [-0.3, -0.25) is 9.89 Å². The molecule has 0 saturated heterocycles. The van der Waals surface area contributed by atoms with E-state index >= 15 is 0 Å². The number of carbonyl (C=O) groups is 1. The van der Waals surface area contributed by atoms with Gasteiger partial charge >= 0.3 is 0 Å². The van der Waals surface area contributed by atoms with Crippen LogP contribution in [0, 0.1) is 4.77 Å². The summed E-state index contributed by atoms with van der Waals surface area (Å²) < 4.78 is 5.00. The minimum Gasteiger partial charge on any atom is -0.351 e. The van der Waals surface area contributed by atoms with Gasteiger partial charge in [0.05, 0.1) is 17.4 Å². The van der Waals surface area contributed by atoms with Crippen molar-refractivity contribution in [3.63, 3.8) is 0 Å². The first-order chi connectivity index (χ1) is 11.5. The van der Waals surface area contributed by atoms with Gasteiger partial charge < -0.3 is 9.88 Å². The van der Waals surface area contributed by atoms with Crippen LogP contribution in [0.3, 0.4) is 0 Å². The van der Waals surface area contributed by atoms with Gasteiger partial charge in [-0.05, 0) is 36.5 Å². The third-order valence-corrected chi connectivity index (χ3v) is 4.44. The van der Waals surface area contributed by atoms with Gasteiger partial charge in [-0.1, -0.05) is 15.9 Å². The molecule has 2 heterocycles. The molecule has 0 aliphatic carbocycles. The minimum atomic E-state index is -0.171. The summed E-state index contributed by atoms with van der Waals surface area (Å²) in [5, 5.41) is 13.9. The zero-order chi connectivity index (χ0) is 17.1. The lowest BCUT2D eigenvalue weighted by Gasteiger charge is -2.03. The van der Waals surface area contributed by atoms with Crippen LogP contribution in [-0.4, -0.2) is 37.0 Å². The smallest absolute Gasteiger partial charge is 0.254 e. The normalized spacial score (nSPS) is 10.8. The van der Waals surface area contributed by atoms with Gasteiger partial charge in [-0.2, -0.15) is 10.2 Å². The number of hydrogen-bond donors (Lipinski definition) is 2. The molecule has 0 aliphatic heterocycles. The van der Waals surface area contributed by atoms with E-state index in [1.54, 1.807) is 21.6 Å². The highest BCUT2D eigenvalue weighted by atomic mass is 79.9. The molecule has 1 aromatic carbocycles. The molecule has 2 N–H and O–H groups in total. The van der Waals surface area contributed by atoms with E-state index in [-0.39, 0.29) is 5.91 Å². The lowest BCUT2D eigenvalue weighted by Crippen LogP contribution is -2.26. The number of halogens is 1. The molecule has 0 atom stereocenters. The van der Waals surface area contributed by atoms with Gasteiger partial charge in [0.25, 0.3) is 5.91 Å². The number of rotatable bonds is 5. The third kappa shape index (κ3) is 3.62. The van der Waals surface area contributed by atoms with E-state index in [9.17, 15) is 4.79 Å². The summed E-state index contributed by atoms with van der Waals surface area (Å²) in [6.45, 7) is 0.468. The summed E-state index contributed by atoms with van der Waals surface area (Å²) in [5.41, 5.74) is 1.40. The van der Waals surface area contributed by atoms with Crippen LogP contribution in [0.4, 0.5) is 0 Å². The van der Waals surface area contributed by atoms with Crippen LogP contribution in [0.5, 0.6) is 0 Å². The Kier molecular flexibility index (Phi) is 4.91. The predicted octanol–water partition coefficient (Wildman–Crippen LogP) is 2.40. The number of carbonyl (C=O) groups excluding carboxylic acids is 1. The molecule has 124 valence electrons. The first-order valence-corrected chi connectivity index (χ1v) is 8.44. The average Bonchev–Trinajstić information content (AvgIpc) is 3.18. The quantitative estimate of drug-likeness (QED) is 0.637. The molecule has 3 rings (SSSR count). The molecule has 24 heavy (non-hydrogen) atoms. The lowest BCUT2D eigenvalue weighted by atomic mass is 10.3. The van der Waals surface area contributed by atoms with Crippen molar-refractivity contribution in [3.8, 4) is 5.69 Å². The molecule has 7 nitrogen and oxygen atoms in total. The van der Waals surface area contributed by atoms with Crippen molar-refractivity contribution >= 4 is 34.1 Å². The van der Waals surface area contributed by atoms with E-state index in [1.807, 2.05) is 31.3 Å². The van der Waals surface area contributed by atoms with Crippen molar-refractivity contribution in [1.29, 1.82) is 0 Å². The number of nitrogens with one attached hydrogen (secondary N) is 2. The van der Waals surface area contributed by atoms with Gasteiger partial charge in [0.15, 0.2) is 4.77 Å². The van der Waals surface area contributed by atoms with Gasteiger partial charge in [-0.25, -0.2) is 4.68 Å². The van der Waals surface area contributed by atoms with Crippen LogP contribution >= 0.6 is 28.1 Å². The van der Waals surface area contributed by atoms with Crippen LogP contribution in [0.25, 0.3) is 5.69 Å². The highest BCUT2D eigenvalue weighted by Gasteiger charge is 2.10. The Morgan fingerprint density at radius 3 is 2.79 bits per heavy atom. The van der Waals surface area contributed by atoms with E-state index in [4.69, 9.17) is 12.2 Å². The molecule has 0 unspecified atom stereocenters. The number of H-pyrrole nitrogens is 1. The van der Waals surface area contributed by atoms with Crippen LogP contribution in [-0.2, 0) is 13.5 Å². The molecule has 2 aromatic heterocycles. The van der Waals surface area contributed by atoms with Crippen LogP contribution in [0.15, 0.2) is 41.1 Å². The van der Waals surface area contributed by atoms with E-state index in [1.165, 1.54) is 0 Å². The maximum atomic E-state index is 12.2. The molecule has 1 amide bonds. The van der Waals surface area contributed by atoms with E-state index in [0.717, 1.165) is 16.0 Å². The summed E-state index contributed by atoms with van der Waals surface area (Å²) in [5.74, 6) is 0.626. The summed E-state index contributed by atoms with van der Waals surface area (Å²) >= 11 is 8.44. The second-order valence-corrected chi connectivity index (χ2v) is 6.46. The highest BCUT2D eigenvalue weighted by molar-refractivity contribution is 9.10. The molecular weight excluding hydrogens is 392 g/mol. The van der Waals surface area contributed by atoms with Gasteiger partial charge in [0, 0.05) is 30.7 Å². The van der Waals surface area contributed by atoms with Crippen molar-refractivity contribution in [2.45, 2.75) is 6.42 Å². The van der Waals surface area contributed by atoms with Crippen molar-refractivity contribution in [2.24, 2.45) is 7.05 Å². The van der Waals surface area contributed by atoms with Crippen molar-refractivity contribution in [2.75, 3.05) is 6.54 Å². The second kappa shape index (κ2) is 7.10. The van der Waals surface area contributed by atoms with Crippen molar-refractivity contribution in [3.05, 3.63) is 57.3 Å². The predicted molar refractivity (Wildman–Crippen MR) is 95.7 cm³/mol. The number of amides is 1. The Bertz CT molecular complexity index is 911. The average molecular weight is 407 g/mol. The molecule has 0 saturated carbocycles. The molecular formula is C15H15BrN6OS. The zero-order valence-electron chi connectivity index (χ0n) is 12.9. The van der Waals surface area contributed by atoms with E-state index < -0.39 is 0 Å². The number of hydrogen-bond acceptors (Lipinski definition) is 4. The Morgan fingerprint density at radius 1 is 1.38 bits per heavy atom. The van der Waals surface area contributed by atoms with Crippen LogP contribution in [0.2, 0.25) is 0 Å². The maximum absolute atomic E-state index is 12.2. The second-order valence-electron chi connectivity index (χ2n) is 5.16. The molecule has 9 heteroatoms. The largest absolute Gasteiger partial charge is 0.351 e. The first-order valence-electron chi connectivity index (χ1n) is 7.23. The Morgan fingerprint density at radius 2 is 2.12 bits per heavy atom. The van der Waals surface area contributed by atoms with Gasteiger partial charge in [0.1, 0.15) is 5.82 Å². The Balaban J connectivity index is 1.60. The van der Waals surface area contributed by atoms with E-state index in [0.29, 0.717) is 23.3 Å². The van der Waals surface area contributed by atoms with Crippen molar-refractivity contribution in [1.82, 2.24) is 29.9 Å². The fourth-order valence-corrected chi connectivity index (χ4v) is 2.58. The number of aromatic nitrogens is 5. The lowest BCUT2D eigenvalue weighted by molar-refractivity contribution is 0.0954. The molecule has 0 radical (unpaired) electrons. The molecule has 0 aliphatic rings. The fraction of sp³-hybridized carbons (Fsp3) is 0.200.